The smallest absolute Gasteiger partial charge is 0.416 e. The third kappa shape index (κ3) is 3.64. The number of nitrogens with zero attached hydrogens (tertiary/aromatic N) is 2. The summed E-state index contributed by atoms with van der Waals surface area (Å²) in [6.07, 6.45) is -1.56. The molecule has 0 bridgehead atoms. The number of methoxy groups -OCH3 is 1. The van der Waals surface area contributed by atoms with E-state index in [1.165, 1.54) is 18.1 Å². The summed E-state index contributed by atoms with van der Waals surface area (Å²) in [5, 5.41) is 0. The summed E-state index contributed by atoms with van der Waals surface area (Å²) in [5.41, 5.74) is 0.0253. The fourth-order valence-electron chi connectivity index (χ4n) is 3.58. The molecule has 1 atom stereocenters. The lowest BCUT2D eigenvalue weighted by Gasteiger charge is -2.33. The Labute approximate surface area is 149 Å². The number of rotatable bonds is 3. The van der Waals surface area contributed by atoms with Crippen LogP contribution in [0.15, 0.2) is 18.2 Å². The molecule has 0 saturated carbocycles. The molecule has 0 unspecified atom stereocenters. The minimum atomic E-state index is -4.50. The fourth-order valence-corrected chi connectivity index (χ4v) is 3.58. The molecule has 5 nitrogen and oxygen atoms in total. The second-order valence-corrected chi connectivity index (χ2v) is 6.68. The van der Waals surface area contributed by atoms with Crippen molar-refractivity contribution in [2.75, 3.05) is 36.5 Å². The van der Waals surface area contributed by atoms with Crippen molar-refractivity contribution in [3.63, 3.8) is 0 Å². The molecule has 2 saturated heterocycles. The van der Waals surface area contributed by atoms with Gasteiger partial charge in [-0.05, 0) is 37.5 Å². The van der Waals surface area contributed by atoms with Gasteiger partial charge in [-0.25, -0.2) is 0 Å². The van der Waals surface area contributed by atoms with Gasteiger partial charge in [0, 0.05) is 26.1 Å². The first-order valence-corrected chi connectivity index (χ1v) is 8.65. The molecule has 0 aromatic heterocycles. The number of ether oxygens (including phenoxy) is 1. The molecule has 1 aromatic rings. The van der Waals surface area contributed by atoms with E-state index in [1.54, 1.807) is 0 Å². The number of carbonyl (C=O) groups is 2. The van der Waals surface area contributed by atoms with E-state index in [9.17, 15) is 22.8 Å². The average molecular weight is 370 g/mol. The Morgan fingerprint density at radius 1 is 1.15 bits per heavy atom. The molecule has 26 heavy (non-hydrogen) atoms. The number of amides is 1. The number of halogens is 3. The van der Waals surface area contributed by atoms with Gasteiger partial charge in [-0.2, -0.15) is 13.2 Å². The highest BCUT2D eigenvalue weighted by Crippen LogP contribution is 2.40. The van der Waals surface area contributed by atoms with E-state index in [-0.39, 0.29) is 24.6 Å². The van der Waals surface area contributed by atoms with Crippen LogP contribution >= 0.6 is 0 Å². The van der Waals surface area contributed by atoms with Crippen LogP contribution in [-0.4, -0.2) is 38.6 Å². The summed E-state index contributed by atoms with van der Waals surface area (Å²) in [6.45, 7) is 1.51. The predicted molar refractivity (Wildman–Crippen MR) is 90.0 cm³/mol. The first-order valence-electron chi connectivity index (χ1n) is 8.65. The van der Waals surface area contributed by atoms with E-state index in [1.807, 2.05) is 4.90 Å². The van der Waals surface area contributed by atoms with Gasteiger partial charge in [-0.3, -0.25) is 9.59 Å². The Morgan fingerprint density at radius 3 is 2.46 bits per heavy atom. The SMILES string of the molecule is COC(=O)[C@H]1CC(=O)N(c2cc(C(F)(F)F)ccc2N2CCCCC2)C1. The van der Waals surface area contributed by atoms with Crippen molar-refractivity contribution in [3.8, 4) is 0 Å². The van der Waals surface area contributed by atoms with Gasteiger partial charge < -0.3 is 14.5 Å². The van der Waals surface area contributed by atoms with Crippen molar-refractivity contribution in [2.45, 2.75) is 31.9 Å². The average Bonchev–Trinajstić information content (AvgIpc) is 3.02. The topological polar surface area (TPSA) is 49.9 Å². The van der Waals surface area contributed by atoms with Gasteiger partial charge >= 0.3 is 12.1 Å². The van der Waals surface area contributed by atoms with Crippen LogP contribution in [0.1, 0.15) is 31.2 Å². The summed E-state index contributed by atoms with van der Waals surface area (Å²) in [4.78, 5) is 27.5. The molecule has 2 aliphatic rings. The van der Waals surface area contributed by atoms with Gasteiger partial charge in [-0.1, -0.05) is 0 Å². The van der Waals surface area contributed by atoms with Crippen molar-refractivity contribution in [1.29, 1.82) is 0 Å². The summed E-state index contributed by atoms with van der Waals surface area (Å²) < 4.78 is 44.3. The zero-order valence-electron chi connectivity index (χ0n) is 14.5. The minimum absolute atomic E-state index is 0.0354. The summed E-state index contributed by atoms with van der Waals surface area (Å²) in [5.74, 6) is -1.54. The number of anilines is 2. The van der Waals surface area contributed by atoms with Crippen LogP contribution in [0, 0.1) is 5.92 Å². The van der Waals surface area contributed by atoms with Crippen molar-refractivity contribution >= 4 is 23.3 Å². The number of esters is 1. The van der Waals surface area contributed by atoms with E-state index in [0.29, 0.717) is 5.69 Å². The molecule has 3 rings (SSSR count). The minimum Gasteiger partial charge on any atom is -0.469 e. The van der Waals surface area contributed by atoms with Crippen LogP contribution in [0.3, 0.4) is 0 Å². The van der Waals surface area contributed by atoms with Gasteiger partial charge in [0.05, 0.1) is 30.0 Å². The monoisotopic (exact) mass is 370 g/mol. The summed E-state index contributed by atoms with van der Waals surface area (Å²) in [6, 6.07) is 3.50. The number of piperidine rings is 1. The Morgan fingerprint density at radius 2 is 1.85 bits per heavy atom. The Balaban J connectivity index is 1.99. The molecule has 0 radical (unpaired) electrons. The van der Waals surface area contributed by atoms with Crippen LogP contribution in [0.5, 0.6) is 0 Å². The normalized spacial score (nSPS) is 21.2. The highest BCUT2D eigenvalue weighted by atomic mass is 19.4. The zero-order chi connectivity index (χ0) is 18.9. The largest absolute Gasteiger partial charge is 0.469 e. The predicted octanol–water partition coefficient (Wildman–Crippen LogP) is 3.22. The number of hydrogen-bond donors (Lipinski definition) is 0. The van der Waals surface area contributed by atoms with Crippen molar-refractivity contribution in [2.24, 2.45) is 5.92 Å². The quantitative estimate of drug-likeness (QED) is 0.767. The lowest BCUT2D eigenvalue weighted by atomic mass is 10.1. The highest BCUT2D eigenvalue weighted by molar-refractivity contribution is 6.02. The molecule has 8 heteroatoms. The molecule has 2 fully saturated rings. The molecule has 0 aliphatic carbocycles. The summed E-state index contributed by atoms with van der Waals surface area (Å²) in [7, 11) is 1.24. The maximum atomic E-state index is 13.2. The highest BCUT2D eigenvalue weighted by Gasteiger charge is 2.39. The third-order valence-electron chi connectivity index (χ3n) is 4.95. The van der Waals surface area contributed by atoms with Crippen molar-refractivity contribution in [3.05, 3.63) is 23.8 Å². The van der Waals surface area contributed by atoms with Crippen LogP contribution in [0.4, 0.5) is 24.5 Å². The lowest BCUT2D eigenvalue weighted by Crippen LogP contribution is -2.33. The molecular formula is C18H21F3N2O3. The standard InChI is InChI=1S/C18H21F3N2O3/c1-26-17(25)12-9-16(24)23(11-12)15-10-13(18(19,20)21)5-6-14(15)22-7-3-2-4-8-22/h5-6,10,12H,2-4,7-9,11H2,1H3/t12-/m0/s1. The number of benzene rings is 1. The van der Waals surface area contributed by atoms with Crippen LogP contribution in [-0.2, 0) is 20.5 Å². The van der Waals surface area contributed by atoms with E-state index >= 15 is 0 Å². The van der Waals surface area contributed by atoms with Gasteiger partial charge in [-0.15, -0.1) is 0 Å². The maximum Gasteiger partial charge on any atom is 0.416 e. The molecule has 2 heterocycles. The second-order valence-electron chi connectivity index (χ2n) is 6.68. The Hall–Kier alpha value is -2.25. The number of carbonyl (C=O) groups excluding carboxylic acids is 2. The van der Waals surface area contributed by atoms with Crippen molar-refractivity contribution < 1.29 is 27.5 Å². The number of hydrogen-bond acceptors (Lipinski definition) is 4. The maximum absolute atomic E-state index is 13.2. The molecule has 1 aromatic carbocycles. The van der Waals surface area contributed by atoms with Gasteiger partial charge in [0.2, 0.25) is 5.91 Å². The van der Waals surface area contributed by atoms with E-state index in [0.717, 1.165) is 44.5 Å². The summed E-state index contributed by atoms with van der Waals surface area (Å²) >= 11 is 0. The first kappa shape index (κ1) is 18.5. The second kappa shape index (κ2) is 7.17. The molecule has 0 N–H and O–H groups in total. The Kier molecular flexibility index (Phi) is 5.11. The third-order valence-corrected chi connectivity index (χ3v) is 4.95. The number of alkyl halides is 3. The van der Waals surface area contributed by atoms with Crippen LogP contribution in [0.2, 0.25) is 0 Å². The van der Waals surface area contributed by atoms with Gasteiger partial charge in [0.15, 0.2) is 0 Å². The fraction of sp³-hybridized carbons (Fsp3) is 0.556. The molecule has 0 spiro atoms. The van der Waals surface area contributed by atoms with E-state index < -0.39 is 23.6 Å². The Bertz CT molecular complexity index is 699. The molecule has 142 valence electrons. The van der Waals surface area contributed by atoms with Crippen molar-refractivity contribution in [1.82, 2.24) is 0 Å². The first-order chi connectivity index (χ1) is 12.3. The van der Waals surface area contributed by atoms with Crippen LogP contribution < -0.4 is 9.80 Å². The van der Waals surface area contributed by atoms with Crippen LogP contribution in [0.25, 0.3) is 0 Å². The van der Waals surface area contributed by atoms with E-state index in [4.69, 9.17) is 0 Å². The molecule has 2 aliphatic heterocycles. The lowest BCUT2D eigenvalue weighted by molar-refractivity contribution is -0.145. The van der Waals surface area contributed by atoms with E-state index in [2.05, 4.69) is 4.74 Å². The zero-order valence-corrected chi connectivity index (χ0v) is 14.5. The molecule has 1 amide bonds. The van der Waals surface area contributed by atoms with Gasteiger partial charge in [0.1, 0.15) is 0 Å². The molecular weight excluding hydrogens is 349 g/mol. The van der Waals surface area contributed by atoms with Gasteiger partial charge in [0.25, 0.3) is 0 Å².